The molecule has 13 atom stereocenters. The van der Waals surface area contributed by atoms with Gasteiger partial charge in [0.15, 0.2) is 12.4 Å². The van der Waals surface area contributed by atoms with Crippen molar-refractivity contribution in [2.45, 2.75) is 267 Å². The second kappa shape index (κ2) is 37.6. The Bertz CT molecular complexity index is 1300. The molecule has 0 aromatic carbocycles. The van der Waals surface area contributed by atoms with Gasteiger partial charge in [0.2, 0.25) is 0 Å². The molecule has 0 aromatic rings. The van der Waals surface area contributed by atoms with E-state index in [0.717, 1.165) is 57.8 Å². The third-order valence-corrected chi connectivity index (χ3v) is 13.8. The number of rotatable bonds is 41. The van der Waals surface area contributed by atoms with Crippen LogP contribution in [0, 0.1) is 0 Å². The van der Waals surface area contributed by atoms with Crippen molar-refractivity contribution < 1.29 is 78.0 Å². The van der Waals surface area contributed by atoms with E-state index in [2.05, 4.69) is 26.0 Å². The molecule has 1 heterocycles. The van der Waals surface area contributed by atoms with Gasteiger partial charge in [0.25, 0.3) is 0 Å². The predicted molar refractivity (Wildman–Crippen MR) is 256 cm³/mol. The minimum atomic E-state index is -5.24. The fourth-order valence-electron chi connectivity index (χ4n) is 8.54. The van der Waals surface area contributed by atoms with Crippen molar-refractivity contribution in [1.82, 2.24) is 0 Å². The van der Waals surface area contributed by atoms with Gasteiger partial charge in [-0.2, -0.15) is 0 Å². The van der Waals surface area contributed by atoms with E-state index < -0.39 is 100 Å². The monoisotopic (exact) mass is 984 g/mol. The molecule has 396 valence electrons. The number of phosphoric ester groups is 1. The number of hydrogen-bond donors (Lipinski definition) is 9. The van der Waals surface area contributed by atoms with E-state index in [1.807, 2.05) is 0 Å². The SMILES string of the molecule is CCCCCC/C=C\CCCCCCCC(=O)O[C@@H]1[C@H](O)[C@@H](O)[C@H](O)[C@@H](O[C@H]2O[C@H](CO)[C@@H](O)[C@H](O)[C@H]2N)[C@@H]1OP(=O)(O)OC[C@@H](O)COCCCCCCCCCCCCCCCCCC. The van der Waals surface area contributed by atoms with Crippen molar-refractivity contribution >= 4 is 13.8 Å². The third kappa shape index (κ3) is 26.2. The Morgan fingerprint density at radius 1 is 0.627 bits per heavy atom. The van der Waals surface area contributed by atoms with Crippen LogP contribution in [0.4, 0.5) is 0 Å². The number of carbonyl (C=O) groups excluding carboxylic acids is 1. The smallest absolute Gasteiger partial charge is 0.457 e. The molecule has 10 N–H and O–H groups in total. The third-order valence-electron chi connectivity index (χ3n) is 12.8. The van der Waals surface area contributed by atoms with Gasteiger partial charge in [-0.05, 0) is 38.5 Å². The van der Waals surface area contributed by atoms with Gasteiger partial charge in [-0.1, -0.05) is 161 Å². The maximum Gasteiger partial charge on any atom is 0.472 e. The van der Waals surface area contributed by atoms with E-state index in [1.165, 1.54) is 103 Å². The highest BCUT2D eigenvalue weighted by Gasteiger charge is 2.57. The van der Waals surface area contributed by atoms with Crippen LogP contribution in [0.15, 0.2) is 12.2 Å². The highest BCUT2D eigenvalue weighted by atomic mass is 31.2. The molecule has 0 amide bonds. The van der Waals surface area contributed by atoms with Crippen molar-refractivity contribution in [1.29, 1.82) is 0 Å². The van der Waals surface area contributed by atoms with Gasteiger partial charge < -0.3 is 65.3 Å². The Morgan fingerprint density at radius 3 is 1.64 bits per heavy atom. The number of aliphatic hydroxyl groups is 7. The van der Waals surface area contributed by atoms with Crippen LogP contribution in [0.2, 0.25) is 0 Å². The van der Waals surface area contributed by atoms with Gasteiger partial charge in [-0.15, -0.1) is 0 Å². The van der Waals surface area contributed by atoms with Crippen molar-refractivity contribution in [2.75, 3.05) is 26.4 Å². The maximum atomic E-state index is 13.4. The number of hydrogen-bond acceptors (Lipinski definition) is 16. The number of ether oxygens (including phenoxy) is 4. The normalized spacial score (nSPS) is 28.2. The molecule has 2 rings (SSSR count). The van der Waals surface area contributed by atoms with E-state index in [-0.39, 0.29) is 13.0 Å². The Hall–Kier alpha value is -1.12. The molecule has 1 saturated heterocycles. The fraction of sp³-hybridized carbons (Fsp3) is 0.939. The molecule has 0 aromatic heterocycles. The quantitative estimate of drug-likeness (QED) is 0.0136. The number of nitrogens with two attached hydrogens (primary N) is 1. The fourth-order valence-corrected chi connectivity index (χ4v) is 9.51. The van der Waals surface area contributed by atoms with Gasteiger partial charge >= 0.3 is 13.8 Å². The van der Waals surface area contributed by atoms with Crippen LogP contribution in [-0.2, 0) is 37.4 Å². The summed E-state index contributed by atoms with van der Waals surface area (Å²) < 4.78 is 46.4. The summed E-state index contributed by atoms with van der Waals surface area (Å²) in [6.45, 7) is 3.11. The van der Waals surface area contributed by atoms with Gasteiger partial charge in [-0.3, -0.25) is 13.8 Å². The first-order valence-electron chi connectivity index (χ1n) is 26.1. The van der Waals surface area contributed by atoms with Crippen LogP contribution in [0.1, 0.15) is 194 Å². The highest BCUT2D eigenvalue weighted by Crippen LogP contribution is 2.48. The van der Waals surface area contributed by atoms with E-state index in [1.54, 1.807) is 0 Å². The number of esters is 1. The molecular weight excluding hydrogens is 890 g/mol. The molecular formula is C49H94NO16P. The number of unbranched alkanes of at least 4 members (excludes halogenated alkanes) is 24. The van der Waals surface area contributed by atoms with Crippen molar-refractivity contribution in [3.63, 3.8) is 0 Å². The second-order valence-electron chi connectivity index (χ2n) is 18.8. The molecule has 1 saturated carbocycles. The summed E-state index contributed by atoms with van der Waals surface area (Å²) in [6, 6.07) is -1.51. The summed E-state index contributed by atoms with van der Waals surface area (Å²) in [4.78, 5) is 24.0. The minimum absolute atomic E-state index is 0.102. The lowest BCUT2D eigenvalue weighted by Gasteiger charge is -2.48. The van der Waals surface area contributed by atoms with Gasteiger partial charge in [0, 0.05) is 13.0 Å². The van der Waals surface area contributed by atoms with Crippen LogP contribution in [-0.4, -0.2) is 146 Å². The van der Waals surface area contributed by atoms with Crippen LogP contribution in [0.3, 0.4) is 0 Å². The lowest BCUT2D eigenvalue weighted by Crippen LogP contribution is -2.69. The summed E-state index contributed by atoms with van der Waals surface area (Å²) in [7, 11) is -5.24. The molecule has 17 nitrogen and oxygen atoms in total. The first kappa shape index (κ1) is 62.0. The van der Waals surface area contributed by atoms with Gasteiger partial charge in [0.1, 0.15) is 54.9 Å². The average Bonchev–Trinajstić information content (AvgIpc) is 3.31. The largest absolute Gasteiger partial charge is 0.472 e. The minimum Gasteiger partial charge on any atom is -0.457 e. The lowest BCUT2D eigenvalue weighted by molar-refractivity contribution is -0.316. The molecule has 2 fully saturated rings. The lowest BCUT2D eigenvalue weighted by atomic mass is 9.84. The number of allylic oxidation sites excluding steroid dienone is 2. The molecule has 0 radical (unpaired) electrons. The van der Waals surface area contributed by atoms with E-state index in [0.29, 0.717) is 19.4 Å². The average molecular weight is 984 g/mol. The summed E-state index contributed by atoms with van der Waals surface area (Å²) in [5, 5.41) is 74.1. The second-order valence-corrected chi connectivity index (χ2v) is 20.2. The molecule has 67 heavy (non-hydrogen) atoms. The Balaban J connectivity index is 1.88. The van der Waals surface area contributed by atoms with Gasteiger partial charge in [0.05, 0.1) is 25.9 Å². The maximum absolute atomic E-state index is 13.4. The van der Waals surface area contributed by atoms with Crippen LogP contribution < -0.4 is 5.73 Å². The highest BCUT2D eigenvalue weighted by molar-refractivity contribution is 7.47. The number of carbonyl (C=O) groups is 1. The van der Waals surface area contributed by atoms with Crippen molar-refractivity contribution in [3.05, 3.63) is 12.2 Å². The number of phosphoric acid groups is 1. The zero-order valence-electron chi connectivity index (χ0n) is 41.1. The summed E-state index contributed by atoms with van der Waals surface area (Å²) in [5.74, 6) is -0.832. The van der Waals surface area contributed by atoms with Crippen molar-refractivity contribution in [2.24, 2.45) is 5.73 Å². The van der Waals surface area contributed by atoms with Crippen LogP contribution >= 0.6 is 7.82 Å². The topological polar surface area (TPSA) is 277 Å². The van der Waals surface area contributed by atoms with Crippen LogP contribution in [0.5, 0.6) is 0 Å². The summed E-state index contributed by atoms with van der Waals surface area (Å²) >= 11 is 0. The first-order valence-corrected chi connectivity index (χ1v) is 27.6. The summed E-state index contributed by atoms with van der Waals surface area (Å²) in [5.41, 5.74) is 6.05. The molecule has 2 aliphatic rings. The zero-order chi connectivity index (χ0) is 49.3. The molecule has 18 heteroatoms. The molecule has 0 spiro atoms. The van der Waals surface area contributed by atoms with E-state index in [4.69, 9.17) is 33.7 Å². The van der Waals surface area contributed by atoms with E-state index in [9.17, 15) is 50.0 Å². The Labute approximate surface area is 402 Å². The molecule has 1 aliphatic heterocycles. The molecule has 1 unspecified atom stereocenters. The summed E-state index contributed by atoms with van der Waals surface area (Å²) in [6.07, 6.45) is 15.3. The van der Waals surface area contributed by atoms with Gasteiger partial charge in [-0.25, -0.2) is 4.57 Å². The van der Waals surface area contributed by atoms with Crippen LogP contribution in [0.25, 0.3) is 0 Å². The Kier molecular flexibility index (Phi) is 34.8. The predicted octanol–water partition coefficient (Wildman–Crippen LogP) is 6.54. The van der Waals surface area contributed by atoms with E-state index >= 15 is 0 Å². The first-order chi connectivity index (χ1) is 32.3. The molecule has 1 aliphatic carbocycles. The Morgan fingerprint density at radius 2 is 1.10 bits per heavy atom. The van der Waals surface area contributed by atoms with Crippen molar-refractivity contribution in [3.8, 4) is 0 Å². The zero-order valence-corrected chi connectivity index (χ0v) is 42.0. The number of aliphatic hydroxyl groups excluding tert-OH is 7. The standard InChI is InChI=1S/C49H94NO16P/c1-3-5-7-9-11-13-15-17-18-19-21-23-25-27-29-31-33-61-35-37(52)36-62-67(59,60)66-48-46(64-39(53)32-30-28-26-24-22-20-16-14-12-10-8-6-4-2)44(57)43(56)45(58)47(48)65-49-40(50)42(55)41(54)38(34-51)63-49/h14,16,37-38,40-49,51-52,54-58H,3-13,15,17-36,50H2,1-2H3,(H,59,60)/b16-14-/t37-,38+,40+,41+,42+,43+,44+,45-,46+,47+,48+,49+/m0/s1. The molecule has 0 bridgehead atoms.